The normalized spacial score (nSPS) is 21.2. The van der Waals surface area contributed by atoms with E-state index in [-0.39, 0.29) is 31.0 Å². The van der Waals surface area contributed by atoms with Crippen molar-refractivity contribution in [3.63, 3.8) is 0 Å². The highest BCUT2D eigenvalue weighted by Crippen LogP contribution is 2.19. The fourth-order valence-electron chi connectivity index (χ4n) is 5.38. The number of fused-ring (bicyclic) bond motifs is 1. The second kappa shape index (κ2) is 15.9. The molecule has 42 heavy (non-hydrogen) atoms. The monoisotopic (exact) mass is 577 g/mol. The summed E-state index contributed by atoms with van der Waals surface area (Å²) in [6, 6.07) is 14.2. The van der Waals surface area contributed by atoms with Crippen LogP contribution in [0.5, 0.6) is 5.75 Å². The average molecular weight is 578 g/mol. The van der Waals surface area contributed by atoms with Gasteiger partial charge in [0.25, 0.3) is 5.91 Å². The van der Waals surface area contributed by atoms with Gasteiger partial charge in [0.05, 0.1) is 18.5 Å². The van der Waals surface area contributed by atoms with Crippen LogP contribution in [0.2, 0.25) is 0 Å². The fourth-order valence-corrected chi connectivity index (χ4v) is 5.38. The molecule has 0 spiro atoms. The van der Waals surface area contributed by atoms with Crippen molar-refractivity contribution in [2.75, 3.05) is 46.4 Å². The van der Waals surface area contributed by atoms with Crippen molar-refractivity contribution < 1.29 is 23.9 Å². The van der Waals surface area contributed by atoms with Crippen LogP contribution in [-0.4, -0.2) is 91.9 Å². The van der Waals surface area contributed by atoms with Crippen molar-refractivity contribution in [1.82, 2.24) is 25.8 Å². The van der Waals surface area contributed by atoms with Gasteiger partial charge in [-0.25, -0.2) is 0 Å². The Balaban J connectivity index is 1.48. The Labute approximate surface area is 248 Å². The third kappa shape index (κ3) is 9.30. The number of ether oxygens (including phenoxy) is 1. The standard InChI is InChI=1S/C32H43N5O5/c1-36-20-21-42-28-15-8-7-14-25(28)30(39)35-26(31(40)33-16-11-19-37-17-9-2-3-10-18-37)23-29(38)34-27(32(36)41)22-24-12-5-4-6-13-24/h4-8,12-15,26-27H,2-3,9-11,16-23H2,1H3,(H,33,40)(H,34,38)(H,35,39)/t26-,27-/m0/s1. The summed E-state index contributed by atoms with van der Waals surface area (Å²) < 4.78 is 5.89. The van der Waals surface area contributed by atoms with Gasteiger partial charge in [0.15, 0.2) is 0 Å². The zero-order valence-corrected chi connectivity index (χ0v) is 24.5. The minimum absolute atomic E-state index is 0.152. The van der Waals surface area contributed by atoms with Crippen LogP contribution in [0.1, 0.15) is 54.4 Å². The number of hydrogen-bond acceptors (Lipinski definition) is 6. The van der Waals surface area contributed by atoms with Gasteiger partial charge in [0.2, 0.25) is 17.7 Å². The Kier molecular flexibility index (Phi) is 11.8. The molecule has 0 saturated carbocycles. The Bertz CT molecular complexity index is 1200. The van der Waals surface area contributed by atoms with Crippen LogP contribution < -0.4 is 20.7 Å². The number of nitrogens with one attached hydrogen (secondary N) is 3. The highest BCUT2D eigenvalue weighted by molar-refractivity contribution is 6.01. The predicted molar refractivity (Wildman–Crippen MR) is 160 cm³/mol. The third-order valence-electron chi connectivity index (χ3n) is 7.77. The summed E-state index contributed by atoms with van der Waals surface area (Å²) in [6.45, 7) is 3.89. The Hall–Kier alpha value is -3.92. The van der Waals surface area contributed by atoms with Gasteiger partial charge in [0.1, 0.15) is 24.4 Å². The zero-order chi connectivity index (χ0) is 29.7. The number of rotatable bonds is 7. The first-order chi connectivity index (χ1) is 20.4. The quantitative estimate of drug-likeness (QED) is 0.434. The second-order valence-corrected chi connectivity index (χ2v) is 11.0. The van der Waals surface area contributed by atoms with Gasteiger partial charge in [-0.05, 0) is 56.6 Å². The van der Waals surface area contributed by atoms with Crippen LogP contribution in [0, 0.1) is 0 Å². The molecule has 2 atom stereocenters. The first kappa shape index (κ1) is 31.0. The number of likely N-dealkylation sites (N-methyl/N-ethyl adjacent to an activating group) is 1. The van der Waals surface area contributed by atoms with Crippen molar-refractivity contribution >= 4 is 23.6 Å². The summed E-state index contributed by atoms with van der Waals surface area (Å²) in [4.78, 5) is 57.3. The first-order valence-electron chi connectivity index (χ1n) is 15.0. The van der Waals surface area contributed by atoms with E-state index in [4.69, 9.17) is 4.74 Å². The van der Waals surface area contributed by atoms with Crippen molar-refractivity contribution in [2.24, 2.45) is 0 Å². The van der Waals surface area contributed by atoms with E-state index in [0.717, 1.165) is 31.6 Å². The van der Waals surface area contributed by atoms with Crippen LogP contribution in [0.3, 0.4) is 0 Å². The molecule has 0 aromatic heterocycles. The van der Waals surface area contributed by atoms with Gasteiger partial charge in [-0.2, -0.15) is 0 Å². The van der Waals surface area contributed by atoms with E-state index >= 15 is 0 Å². The van der Waals surface area contributed by atoms with E-state index in [1.165, 1.54) is 30.6 Å². The fraction of sp³-hybridized carbons (Fsp3) is 0.500. The summed E-state index contributed by atoms with van der Waals surface area (Å²) in [7, 11) is 1.65. The summed E-state index contributed by atoms with van der Waals surface area (Å²) in [5.74, 6) is -1.37. The molecule has 4 rings (SSSR count). The first-order valence-corrected chi connectivity index (χ1v) is 15.0. The van der Waals surface area contributed by atoms with Gasteiger partial charge >= 0.3 is 0 Å². The number of likely N-dealkylation sites (tertiary alicyclic amines) is 1. The predicted octanol–water partition coefficient (Wildman–Crippen LogP) is 2.14. The second-order valence-electron chi connectivity index (χ2n) is 11.0. The van der Waals surface area contributed by atoms with Crippen molar-refractivity contribution in [1.29, 1.82) is 0 Å². The third-order valence-corrected chi connectivity index (χ3v) is 7.77. The van der Waals surface area contributed by atoms with E-state index in [1.807, 2.05) is 30.3 Å². The molecule has 0 aliphatic carbocycles. The van der Waals surface area contributed by atoms with E-state index in [1.54, 1.807) is 31.3 Å². The Morgan fingerprint density at radius 1 is 0.929 bits per heavy atom. The summed E-state index contributed by atoms with van der Waals surface area (Å²) in [5, 5.41) is 8.48. The Morgan fingerprint density at radius 3 is 2.40 bits per heavy atom. The number of para-hydroxylation sites is 1. The van der Waals surface area contributed by atoms with E-state index < -0.39 is 29.8 Å². The van der Waals surface area contributed by atoms with Gasteiger partial charge < -0.3 is 30.5 Å². The van der Waals surface area contributed by atoms with Crippen molar-refractivity contribution in [2.45, 2.75) is 57.0 Å². The number of hydrogen-bond donors (Lipinski definition) is 3. The summed E-state index contributed by atoms with van der Waals surface area (Å²) in [5.41, 5.74) is 1.15. The number of nitrogens with zero attached hydrogens (tertiary/aromatic N) is 2. The van der Waals surface area contributed by atoms with Crippen LogP contribution in [0.25, 0.3) is 0 Å². The molecule has 2 aliphatic rings. The summed E-state index contributed by atoms with van der Waals surface area (Å²) >= 11 is 0. The molecular weight excluding hydrogens is 534 g/mol. The van der Waals surface area contributed by atoms with Crippen molar-refractivity contribution in [3.05, 3.63) is 65.7 Å². The van der Waals surface area contributed by atoms with Crippen molar-refractivity contribution in [3.8, 4) is 5.75 Å². The molecule has 0 bridgehead atoms. The lowest BCUT2D eigenvalue weighted by Gasteiger charge is -2.27. The molecule has 4 amide bonds. The number of carbonyl (C=O) groups excluding carboxylic acids is 4. The topological polar surface area (TPSA) is 120 Å². The molecule has 2 aromatic rings. The average Bonchev–Trinajstić information content (AvgIpc) is 3.27. The zero-order valence-electron chi connectivity index (χ0n) is 24.5. The maximum atomic E-state index is 13.4. The molecular formula is C32H43N5O5. The molecule has 2 aromatic carbocycles. The molecule has 10 nitrogen and oxygen atoms in total. The number of benzene rings is 2. The van der Waals surface area contributed by atoms with Gasteiger partial charge in [-0.3, -0.25) is 19.2 Å². The van der Waals surface area contributed by atoms with Crippen LogP contribution >= 0.6 is 0 Å². The van der Waals surface area contributed by atoms with Gasteiger partial charge in [-0.15, -0.1) is 0 Å². The van der Waals surface area contributed by atoms with Crippen LogP contribution in [0.15, 0.2) is 54.6 Å². The number of carbonyl (C=O) groups is 4. The largest absolute Gasteiger partial charge is 0.491 e. The van der Waals surface area contributed by atoms with Gasteiger partial charge in [0, 0.05) is 20.0 Å². The SMILES string of the molecule is CN1CCOc2ccccc2C(=O)N[C@H](C(=O)NCCCN2CCCCCC2)CC(=O)N[C@@H](Cc2ccccc2)C1=O. The van der Waals surface area contributed by atoms with Crippen LogP contribution in [-0.2, 0) is 20.8 Å². The maximum Gasteiger partial charge on any atom is 0.255 e. The van der Waals surface area contributed by atoms with Crippen LogP contribution in [0.4, 0.5) is 0 Å². The van der Waals surface area contributed by atoms with E-state index in [2.05, 4.69) is 20.9 Å². The molecule has 1 saturated heterocycles. The highest BCUT2D eigenvalue weighted by atomic mass is 16.5. The van der Waals surface area contributed by atoms with Gasteiger partial charge in [-0.1, -0.05) is 55.3 Å². The molecule has 0 unspecified atom stereocenters. The van der Waals surface area contributed by atoms with E-state index in [9.17, 15) is 19.2 Å². The molecule has 2 heterocycles. The molecule has 0 radical (unpaired) electrons. The molecule has 3 N–H and O–H groups in total. The molecule has 10 heteroatoms. The van der Waals surface area contributed by atoms with E-state index in [0.29, 0.717) is 18.7 Å². The number of amides is 4. The smallest absolute Gasteiger partial charge is 0.255 e. The lowest BCUT2D eigenvalue weighted by Crippen LogP contribution is -2.53. The lowest BCUT2D eigenvalue weighted by molar-refractivity contribution is -0.136. The lowest BCUT2D eigenvalue weighted by atomic mass is 10.0. The Morgan fingerprint density at radius 2 is 1.64 bits per heavy atom. The minimum atomic E-state index is -1.13. The molecule has 226 valence electrons. The maximum absolute atomic E-state index is 13.4. The molecule has 1 fully saturated rings. The summed E-state index contributed by atoms with van der Waals surface area (Å²) in [6.07, 6.45) is 5.68. The minimum Gasteiger partial charge on any atom is -0.491 e. The molecule has 2 aliphatic heterocycles. The highest BCUT2D eigenvalue weighted by Gasteiger charge is 2.30.